The largest absolute Gasteiger partial charge is 0.424 e. The second-order valence-electron chi connectivity index (χ2n) is 3.72. The number of nitrogens with two attached hydrogens (primary N) is 1. The molecule has 0 saturated carbocycles. The Labute approximate surface area is 108 Å². The monoisotopic (exact) mass is 262 g/mol. The van der Waals surface area contributed by atoms with Gasteiger partial charge in [0.1, 0.15) is 17.3 Å². The van der Waals surface area contributed by atoms with E-state index in [1.807, 2.05) is 0 Å². The third kappa shape index (κ3) is 2.95. The van der Waals surface area contributed by atoms with Crippen LogP contribution in [0.15, 0.2) is 35.6 Å². The smallest absolute Gasteiger partial charge is 0.322 e. The van der Waals surface area contributed by atoms with E-state index in [2.05, 4.69) is 15.1 Å². The molecule has 0 aliphatic rings. The average Bonchev–Trinajstić information content (AvgIpc) is 2.42. The summed E-state index contributed by atoms with van der Waals surface area (Å²) in [6, 6.07) is 5.84. The Morgan fingerprint density at radius 3 is 2.89 bits per heavy atom. The summed E-state index contributed by atoms with van der Waals surface area (Å²) in [6.07, 6.45) is 1.39. The van der Waals surface area contributed by atoms with Crippen molar-refractivity contribution in [3.05, 3.63) is 47.5 Å². The standard InChI is InChI=1S/C12H11FN4O2/c1-7-2-3-8(6-9(7)13)19-12-15-5-4-10(16-12)11(14)17-18/h2-6,18H,1H3,(H2,14,17). The van der Waals surface area contributed by atoms with E-state index in [0.717, 1.165) is 0 Å². The molecule has 6 nitrogen and oxygen atoms in total. The van der Waals surface area contributed by atoms with E-state index in [1.54, 1.807) is 19.1 Å². The van der Waals surface area contributed by atoms with E-state index in [-0.39, 0.29) is 29.1 Å². The van der Waals surface area contributed by atoms with Gasteiger partial charge in [0.15, 0.2) is 5.84 Å². The van der Waals surface area contributed by atoms with Crippen LogP contribution in [0, 0.1) is 12.7 Å². The third-order valence-electron chi connectivity index (χ3n) is 2.36. The molecule has 0 atom stereocenters. The van der Waals surface area contributed by atoms with Crippen LogP contribution in [-0.2, 0) is 0 Å². The molecule has 0 aliphatic carbocycles. The predicted molar refractivity (Wildman–Crippen MR) is 65.8 cm³/mol. The summed E-state index contributed by atoms with van der Waals surface area (Å²) >= 11 is 0. The Morgan fingerprint density at radius 2 is 2.21 bits per heavy atom. The van der Waals surface area contributed by atoms with Gasteiger partial charge in [0.25, 0.3) is 0 Å². The van der Waals surface area contributed by atoms with Crippen LogP contribution in [-0.4, -0.2) is 21.0 Å². The number of oxime groups is 1. The number of hydrogen-bond acceptors (Lipinski definition) is 5. The van der Waals surface area contributed by atoms with Gasteiger partial charge in [-0.05, 0) is 24.6 Å². The topological polar surface area (TPSA) is 93.6 Å². The van der Waals surface area contributed by atoms with Gasteiger partial charge in [-0.2, -0.15) is 4.98 Å². The number of ether oxygens (including phenoxy) is 1. The molecule has 7 heteroatoms. The molecule has 0 aliphatic heterocycles. The highest BCUT2D eigenvalue weighted by Crippen LogP contribution is 2.20. The molecule has 1 heterocycles. The fraction of sp³-hybridized carbons (Fsp3) is 0.0833. The lowest BCUT2D eigenvalue weighted by atomic mass is 10.2. The van der Waals surface area contributed by atoms with Crippen molar-refractivity contribution < 1.29 is 14.3 Å². The maximum atomic E-state index is 13.4. The van der Waals surface area contributed by atoms with Crippen molar-refractivity contribution in [2.75, 3.05) is 0 Å². The van der Waals surface area contributed by atoms with Crippen LogP contribution >= 0.6 is 0 Å². The quantitative estimate of drug-likeness (QED) is 0.381. The van der Waals surface area contributed by atoms with E-state index in [1.165, 1.54) is 18.3 Å². The van der Waals surface area contributed by atoms with Crippen molar-refractivity contribution in [1.29, 1.82) is 0 Å². The van der Waals surface area contributed by atoms with Gasteiger partial charge in [0.2, 0.25) is 0 Å². The first kappa shape index (κ1) is 12.7. The minimum atomic E-state index is -0.384. The number of rotatable bonds is 3. The molecule has 1 aromatic heterocycles. The SMILES string of the molecule is Cc1ccc(Oc2nccc(/C(N)=N/O)n2)cc1F. The molecule has 0 spiro atoms. The molecule has 0 saturated heterocycles. The van der Waals surface area contributed by atoms with E-state index >= 15 is 0 Å². The molecule has 19 heavy (non-hydrogen) atoms. The van der Waals surface area contributed by atoms with Gasteiger partial charge in [0.05, 0.1) is 0 Å². The first-order chi connectivity index (χ1) is 9.10. The minimum Gasteiger partial charge on any atom is -0.424 e. The molecule has 0 fully saturated rings. The van der Waals surface area contributed by atoms with Crippen LogP contribution in [0.1, 0.15) is 11.3 Å². The number of aryl methyl sites for hydroxylation is 1. The average molecular weight is 262 g/mol. The normalized spacial score (nSPS) is 11.4. The number of amidine groups is 1. The summed E-state index contributed by atoms with van der Waals surface area (Å²) in [7, 11) is 0. The number of halogens is 1. The summed E-state index contributed by atoms with van der Waals surface area (Å²) in [5, 5.41) is 11.4. The molecule has 0 unspecified atom stereocenters. The van der Waals surface area contributed by atoms with E-state index in [9.17, 15) is 4.39 Å². The summed E-state index contributed by atoms with van der Waals surface area (Å²) in [6.45, 7) is 1.65. The summed E-state index contributed by atoms with van der Waals surface area (Å²) < 4.78 is 18.6. The zero-order valence-electron chi connectivity index (χ0n) is 10.0. The minimum absolute atomic E-state index is 0.0210. The van der Waals surface area contributed by atoms with Gasteiger partial charge in [-0.25, -0.2) is 9.37 Å². The number of nitrogens with zero attached hydrogens (tertiary/aromatic N) is 3. The highest BCUT2D eigenvalue weighted by atomic mass is 19.1. The lowest BCUT2D eigenvalue weighted by molar-refractivity contribution is 0.318. The van der Waals surface area contributed by atoms with E-state index in [0.29, 0.717) is 5.56 Å². The lowest BCUT2D eigenvalue weighted by Gasteiger charge is -2.05. The van der Waals surface area contributed by atoms with Crippen LogP contribution in [0.4, 0.5) is 4.39 Å². The Morgan fingerprint density at radius 1 is 1.42 bits per heavy atom. The maximum absolute atomic E-state index is 13.4. The van der Waals surface area contributed by atoms with Crippen molar-refractivity contribution in [3.63, 3.8) is 0 Å². The van der Waals surface area contributed by atoms with Crippen LogP contribution in [0.2, 0.25) is 0 Å². The second kappa shape index (κ2) is 5.30. The highest BCUT2D eigenvalue weighted by molar-refractivity contribution is 5.95. The molecule has 2 aromatic rings. The summed E-state index contributed by atoms with van der Waals surface area (Å²) in [5.41, 5.74) is 6.12. The third-order valence-corrected chi connectivity index (χ3v) is 2.36. The van der Waals surface area contributed by atoms with Crippen molar-refractivity contribution in [2.45, 2.75) is 6.92 Å². The Bertz CT molecular complexity index is 631. The summed E-state index contributed by atoms with van der Waals surface area (Å²) in [4.78, 5) is 7.77. The first-order valence-electron chi connectivity index (χ1n) is 5.35. The molecule has 98 valence electrons. The molecule has 0 bridgehead atoms. The van der Waals surface area contributed by atoms with Crippen LogP contribution in [0.5, 0.6) is 11.8 Å². The molecule has 0 amide bonds. The van der Waals surface area contributed by atoms with Crippen molar-refractivity contribution in [3.8, 4) is 11.8 Å². The molecule has 0 radical (unpaired) electrons. The zero-order valence-corrected chi connectivity index (χ0v) is 10.0. The lowest BCUT2D eigenvalue weighted by Crippen LogP contribution is -2.15. The van der Waals surface area contributed by atoms with Gasteiger partial charge >= 0.3 is 6.01 Å². The van der Waals surface area contributed by atoms with Gasteiger partial charge in [-0.3, -0.25) is 0 Å². The van der Waals surface area contributed by atoms with Gasteiger partial charge in [-0.15, -0.1) is 0 Å². The molecule has 1 aromatic carbocycles. The van der Waals surface area contributed by atoms with Crippen LogP contribution in [0.3, 0.4) is 0 Å². The number of benzene rings is 1. The molecular weight excluding hydrogens is 251 g/mol. The predicted octanol–water partition coefficient (Wildman–Crippen LogP) is 1.81. The van der Waals surface area contributed by atoms with Gasteiger partial charge < -0.3 is 15.7 Å². The highest BCUT2D eigenvalue weighted by Gasteiger charge is 2.07. The van der Waals surface area contributed by atoms with E-state index < -0.39 is 0 Å². The van der Waals surface area contributed by atoms with Crippen molar-refractivity contribution in [1.82, 2.24) is 9.97 Å². The second-order valence-corrected chi connectivity index (χ2v) is 3.72. The van der Waals surface area contributed by atoms with Crippen molar-refractivity contribution in [2.24, 2.45) is 10.9 Å². The fourth-order valence-electron chi connectivity index (χ4n) is 1.33. The molecule has 3 N–H and O–H groups in total. The molecule has 2 rings (SSSR count). The van der Waals surface area contributed by atoms with Gasteiger partial charge in [-0.1, -0.05) is 11.2 Å². The zero-order chi connectivity index (χ0) is 13.8. The summed E-state index contributed by atoms with van der Waals surface area (Å²) in [5.74, 6) is -0.285. The molecular formula is C12H11FN4O2. The Balaban J connectivity index is 2.26. The Hall–Kier alpha value is -2.70. The Kier molecular flexibility index (Phi) is 3.56. The van der Waals surface area contributed by atoms with Gasteiger partial charge in [0, 0.05) is 12.3 Å². The van der Waals surface area contributed by atoms with Crippen molar-refractivity contribution >= 4 is 5.84 Å². The number of hydrogen-bond donors (Lipinski definition) is 2. The van der Waals surface area contributed by atoms with E-state index in [4.69, 9.17) is 15.7 Å². The fourth-order valence-corrected chi connectivity index (χ4v) is 1.33. The maximum Gasteiger partial charge on any atom is 0.322 e. The first-order valence-corrected chi connectivity index (χ1v) is 5.35. The van der Waals surface area contributed by atoms with Crippen LogP contribution < -0.4 is 10.5 Å². The number of aromatic nitrogens is 2. The van der Waals surface area contributed by atoms with Crippen LogP contribution in [0.25, 0.3) is 0 Å².